The number of pyridine rings is 1. The fourth-order valence-electron chi connectivity index (χ4n) is 3.27. The molecule has 1 aromatic heterocycles. The maximum Gasteiger partial charge on any atom is 0.341 e. The van der Waals surface area contributed by atoms with Crippen molar-refractivity contribution in [2.75, 3.05) is 45.4 Å². The van der Waals surface area contributed by atoms with Crippen molar-refractivity contribution in [3.63, 3.8) is 0 Å². The standard InChI is InChI=1S/C18H26N2O5/c1-4-25-16(21)14-13-19-9-5-15(14)20-10-6-18(7-11-20,8-12-23-2)17(22)24-3/h5,9,13H,4,6-8,10-12H2,1-3H3. The maximum absolute atomic E-state index is 12.3. The van der Waals surface area contributed by atoms with E-state index >= 15 is 0 Å². The molecule has 7 heteroatoms. The summed E-state index contributed by atoms with van der Waals surface area (Å²) in [7, 11) is 3.05. The highest BCUT2D eigenvalue weighted by Gasteiger charge is 2.42. The third-order valence-electron chi connectivity index (χ3n) is 4.76. The Morgan fingerprint density at radius 3 is 2.60 bits per heavy atom. The number of methoxy groups -OCH3 is 2. The van der Waals surface area contributed by atoms with Crippen molar-refractivity contribution >= 4 is 17.6 Å². The number of carbonyl (C=O) groups excluding carboxylic acids is 2. The number of carbonyl (C=O) groups is 2. The summed E-state index contributed by atoms with van der Waals surface area (Å²) in [5, 5.41) is 0. The lowest BCUT2D eigenvalue weighted by molar-refractivity contribution is -0.155. The topological polar surface area (TPSA) is 78.0 Å². The zero-order valence-electron chi connectivity index (χ0n) is 15.1. The van der Waals surface area contributed by atoms with Gasteiger partial charge in [0.1, 0.15) is 5.56 Å². The Bertz CT molecular complexity index is 597. The van der Waals surface area contributed by atoms with Gasteiger partial charge in [-0.2, -0.15) is 0 Å². The van der Waals surface area contributed by atoms with Crippen LogP contribution >= 0.6 is 0 Å². The molecule has 25 heavy (non-hydrogen) atoms. The zero-order valence-corrected chi connectivity index (χ0v) is 15.1. The number of piperidine rings is 1. The van der Waals surface area contributed by atoms with Crippen LogP contribution in [-0.4, -0.2) is 57.4 Å². The first-order valence-electron chi connectivity index (χ1n) is 8.51. The second kappa shape index (κ2) is 8.80. The zero-order chi connectivity index (χ0) is 18.3. The highest BCUT2D eigenvalue weighted by Crippen LogP contribution is 2.38. The van der Waals surface area contributed by atoms with Gasteiger partial charge in [-0.25, -0.2) is 4.79 Å². The third kappa shape index (κ3) is 4.28. The fraction of sp³-hybridized carbons (Fsp3) is 0.611. The molecule has 0 unspecified atom stereocenters. The van der Waals surface area contributed by atoms with Crippen LogP contribution in [0.25, 0.3) is 0 Å². The molecule has 0 radical (unpaired) electrons. The minimum atomic E-state index is -0.529. The number of aromatic nitrogens is 1. The van der Waals surface area contributed by atoms with Crippen LogP contribution in [0.3, 0.4) is 0 Å². The lowest BCUT2D eigenvalue weighted by Crippen LogP contribution is -2.46. The number of esters is 2. The smallest absolute Gasteiger partial charge is 0.341 e. The Kier molecular flexibility index (Phi) is 6.75. The highest BCUT2D eigenvalue weighted by atomic mass is 16.5. The SMILES string of the molecule is CCOC(=O)c1cnccc1N1CCC(CCOC)(C(=O)OC)CC1. The van der Waals surface area contributed by atoms with E-state index in [0.29, 0.717) is 51.1 Å². The van der Waals surface area contributed by atoms with E-state index < -0.39 is 5.41 Å². The first-order chi connectivity index (χ1) is 12.1. The number of hydrogen-bond acceptors (Lipinski definition) is 7. The molecule has 7 nitrogen and oxygen atoms in total. The molecular weight excluding hydrogens is 324 g/mol. The maximum atomic E-state index is 12.3. The minimum absolute atomic E-state index is 0.190. The molecule has 1 fully saturated rings. The summed E-state index contributed by atoms with van der Waals surface area (Å²) in [5.41, 5.74) is 0.712. The quantitative estimate of drug-likeness (QED) is 0.697. The Balaban J connectivity index is 2.16. The molecule has 1 aliphatic rings. The van der Waals surface area contributed by atoms with Gasteiger partial charge in [0, 0.05) is 39.2 Å². The van der Waals surface area contributed by atoms with Crippen LogP contribution in [0.4, 0.5) is 5.69 Å². The number of rotatable bonds is 7. The second-order valence-electron chi connectivity index (χ2n) is 6.12. The predicted molar refractivity (Wildman–Crippen MR) is 92.6 cm³/mol. The normalized spacial score (nSPS) is 16.4. The molecule has 1 aliphatic heterocycles. The lowest BCUT2D eigenvalue weighted by atomic mass is 9.75. The Morgan fingerprint density at radius 1 is 1.28 bits per heavy atom. The van der Waals surface area contributed by atoms with Gasteiger partial charge in [-0.05, 0) is 32.3 Å². The summed E-state index contributed by atoms with van der Waals surface area (Å²) < 4.78 is 15.3. The molecule has 0 aliphatic carbocycles. The average Bonchev–Trinajstić information content (AvgIpc) is 2.66. The Labute approximate surface area is 148 Å². The molecule has 0 spiro atoms. The van der Waals surface area contributed by atoms with Crippen molar-refractivity contribution in [2.24, 2.45) is 5.41 Å². The van der Waals surface area contributed by atoms with E-state index in [0.717, 1.165) is 5.69 Å². The molecule has 0 amide bonds. The molecular formula is C18H26N2O5. The van der Waals surface area contributed by atoms with Crippen molar-refractivity contribution in [3.05, 3.63) is 24.0 Å². The first-order valence-corrected chi connectivity index (χ1v) is 8.51. The third-order valence-corrected chi connectivity index (χ3v) is 4.76. The van der Waals surface area contributed by atoms with E-state index in [4.69, 9.17) is 14.2 Å². The van der Waals surface area contributed by atoms with Gasteiger partial charge in [-0.1, -0.05) is 0 Å². The predicted octanol–water partition coefficient (Wildman–Crippen LogP) is 2.05. The van der Waals surface area contributed by atoms with E-state index in [9.17, 15) is 9.59 Å². The Hall–Kier alpha value is -2.15. The van der Waals surface area contributed by atoms with Crippen LogP contribution in [0.2, 0.25) is 0 Å². The van der Waals surface area contributed by atoms with Crippen LogP contribution in [-0.2, 0) is 19.0 Å². The molecule has 0 aromatic carbocycles. The van der Waals surface area contributed by atoms with Crippen molar-refractivity contribution in [1.29, 1.82) is 0 Å². The van der Waals surface area contributed by atoms with Gasteiger partial charge >= 0.3 is 11.9 Å². The summed E-state index contributed by atoms with van der Waals surface area (Å²) >= 11 is 0. The minimum Gasteiger partial charge on any atom is -0.469 e. The molecule has 0 atom stereocenters. The number of ether oxygens (including phenoxy) is 3. The van der Waals surface area contributed by atoms with Crippen LogP contribution in [0.15, 0.2) is 18.5 Å². The van der Waals surface area contributed by atoms with Crippen LogP contribution in [0, 0.1) is 5.41 Å². The van der Waals surface area contributed by atoms with Crippen molar-refractivity contribution in [2.45, 2.75) is 26.2 Å². The molecule has 1 saturated heterocycles. The van der Waals surface area contributed by atoms with Crippen molar-refractivity contribution in [3.8, 4) is 0 Å². The summed E-state index contributed by atoms with van der Waals surface area (Å²) in [6.07, 6.45) is 5.11. The van der Waals surface area contributed by atoms with Crippen molar-refractivity contribution in [1.82, 2.24) is 4.98 Å². The molecule has 1 aromatic rings. The van der Waals surface area contributed by atoms with Crippen LogP contribution in [0.1, 0.15) is 36.5 Å². The molecule has 0 N–H and O–H groups in total. The highest BCUT2D eigenvalue weighted by molar-refractivity contribution is 5.95. The van der Waals surface area contributed by atoms with Crippen molar-refractivity contribution < 1.29 is 23.8 Å². The summed E-state index contributed by atoms with van der Waals surface area (Å²) in [6, 6.07) is 1.81. The van der Waals surface area contributed by atoms with Gasteiger partial charge in [0.25, 0.3) is 0 Å². The van der Waals surface area contributed by atoms with E-state index in [1.54, 1.807) is 20.2 Å². The van der Waals surface area contributed by atoms with Gasteiger partial charge in [0.2, 0.25) is 0 Å². The molecule has 2 rings (SSSR count). The van der Waals surface area contributed by atoms with Gasteiger partial charge in [-0.15, -0.1) is 0 Å². The van der Waals surface area contributed by atoms with E-state index in [2.05, 4.69) is 9.88 Å². The van der Waals surface area contributed by atoms with Crippen LogP contribution < -0.4 is 4.90 Å². The van der Waals surface area contributed by atoms with Gasteiger partial charge in [-0.3, -0.25) is 9.78 Å². The van der Waals surface area contributed by atoms with Crippen LogP contribution in [0.5, 0.6) is 0 Å². The summed E-state index contributed by atoms with van der Waals surface area (Å²) in [4.78, 5) is 30.6. The number of anilines is 1. The number of hydrogen-bond donors (Lipinski definition) is 0. The largest absolute Gasteiger partial charge is 0.469 e. The summed E-state index contributed by atoms with van der Waals surface area (Å²) in [6.45, 7) is 3.90. The van der Waals surface area contributed by atoms with E-state index in [1.165, 1.54) is 13.3 Å². The first kappa shape index (κ1) is 19.2. The second-order valence-corrected chi connectivity index (χ2v) is 6.12. The fourth-order valence-corrected chi connectivity index (χ4v) is 3.27. The molecule has 0 saturated carbocycles. The monoisotopic (exact) mass is 350 g/mol. The van der Waals surface area contributed by atoms with E-state index in [1.807, 2.05) is 6.07 Å². The van der Waals surface area contributed by atoms with Gasteiger partial charge < -0.3 is 19.1 Å². The number of nitrogens with zero attached hydrogens (tertiary/aromatic N) is 2. The molecule has 0 bridgehead atoms. The van der Waals surface area contributed by atoms with E-state index in [-0.39, 0.29) is 11.9 Å². The van der Waals surface area contributed by atoms with Gasteiger partial charge in [0.05, 0.1) is 24.8 Å². The molecule has 138 valence electrons. The Morgan fingerprint density at radius 2 is 2.00 bits per heavy atom. The average molecular weight is 350 g/mol. The van der Waals surface area contributed by atoms with Gasteiger partial charge in [0.15, 0.2) is 0 Å². The lowest BCUT2D eigenvalue weighted by Gasteiger charge is -2.41. The molecule has 2 heterocycles. The summed E-state index contributed by atoms with van der Waals surface area (Å²) in [5.74, 6) is -0.570.